The molecule has 4 rings (SSSR count). The van der Waals surface area contributed by atoms with Crippen LogP contribution in [0.4, 0.5) is 11.4 Å². The van der Waals surface area contributed by atoms with Crippen LogP contribution in [-0.2, 0) is 9.53 Å². The molecule has 0 saturated carbocycles. The van der Waals surface area contributed by atoms with E-state index in [-0.39, 0.29) is 23.2 Å². The summed E-state index contributed by atoms with van der Waals surface area (Å²) in [5.41, 5.74) is 1.85. The Kier molecular flexibility index (Phi) is 5.54. The van der Waals surface area contributed by atoms with Crippen molar-refractivity contribution in [1.29, 1.82) is 0 Å². The van der Waals surface area contributed by atoms with E-state index < -0.39 is 0 Å². The van der Waals surface area contributed by atoms with Crippen molar-refractivity contribution < 1.29 is 19.1 Å². The van der Waals surface area contributed by atoms with Crippen LogP contribution in [0.2, 0.25) is 0 Å². The molecule has 1 saturated heterocycles. The van der Waals surface area contributed by atoms with Gasteiger partial charge in [0.2, 0.25) is 5.91 Å². The van der Waals surface area contributed by atoms with Crippen molar-refractivity contribution in [1.82, 2.24) is 0 Å². The summed E-state index contributed by atoms with van der Waals surface area (Å²) < 4.78 is 11.3. The minimum absolute atomic E-state index is 0.0475. The summed E-state index contributed by atoms with van der Waals surface area (Å²) in [5.74, 6) is 0.471. The predicted molar refractivity (Wildman–Crippen MR) is 109 cm³/mol. The van der Waals surface area contributed by atoms with Crippen LogP contribution in [0, 0.1) is 0 Å². The molecule has 146 valence electrons. The van der Waals surface area contributed by atoms with Crippen molar-refractivity contribution in [3.05, 3.63) is 48.0 Å². The number of amides is 2. The standard InChI is InChI=1S/C21H22N2O4S/c1-13-20(24)23-18-11-14(4-9-19(18)28-13)21(25)22-15-5-7-16(8-6-15)27-12-17-3-2-10-26-17/h4-9,11,13,17H,2-3,10,12H2,1H3,(H,22,25)(H,23,24)/t13-,17+/m1/s1. The van der Waals surface area contributed by atoms with Gasteiger partial charge in [0.25, 0.3) is 5.91 Å². The smallest absolute Gasteiger partial charge is 0.255 e. The van der Waals surface area contributed by atoms with Gasteiger partial charge in [-0.05, 0) is 62.2 Å². The zero-order chi connectivity index (χ0) is 19.5. The molecule has 2 aromatic rings. The first-order chi connectivity index (χ1) is 13.6. The lowest BCUT2D eigenvalue weighted by Crippen LogP contribution is -2.26. The number of hydrogen-bond donors (Lipinski definition) is 2. The highest BCUT2D eigenvalue weighted by Crippen LogP contribution is 2.36. The molecule has 2 aliphatic rings. The summed E-state index contributed by atoms with van der Waals surface area (Å²) >= 11 is 1.49. The molecule has 7 heteroatoms. The molecule has 28 heavy (non-hydrogen) atoms. The number of thioether (sulfide) groups is 1. The Morgan fingerprint density at radius 2 is 2.11 bits per heavy atom. The summed E-state index contributed by atoms with van der Waals surface area (Å²) in [4.78, 5) is 25.4. The predicted octanol–water partition coefficient (Wildman–Crippen LogP) is 3.93. The minimum atomic E-state index is -0.228. The van der Waals surface area contributed by atoms with Gasteiger partial charge in [0.1, 0.15) is 12.4 Å². The lowest BCUT2D eigenvalue weighted by Gasteiger charge is -2.21. The monoisotopic (exact) mass is 398 g/mol. The molecule has 0 bridgehead atoms. The first-order valence-corrected chi connectivity index (χ1v) is 10.2. The van der Waals surface area contributed by atoms with Crippen LogP contribution in [0.25, 0.3) is 0 Å². The third-order valence-electron chi connectivity index (χ3n) is 4.74. The van der Waals surface area contributed by atoms with Crippen LogP contribution in [0.3, 0.4) is 0 Å². The fourth-order valence-corrected chi connectivity index (χ4v) is 4.08. The van der Waals surface area contributed by atoms with Crippen LogP contribution in [-0.4, -0.2) is 36.4 Å². The van der Waals surface area contributed by atoms with Crippen molar-refractivity contribution in [2.75, 3.05) is 23.8 Å². The maximum Gasteiger partial charge on any atom is 0.255 e. The average molecular weight is 398 g/mol. The summed E-state index contributed by atoms with van der Waals surface area (Å²) in [6, 6.07) is 12.6. The van der Waals surface area contributed by atoms with E-state index in [1.165, 1.54) is 11.8 Å². The number of carbonyl (C=O) groups excluding carboxylic acids is 2. The van der Waals surface area contributed by atoms with Crippen LogP contribution >= 0.6 is 11.8 Å². The number of hydrogen-bond acceptors (Lipinski definition) is 5. The molecule has 0 radical (unpaired) electrons. The number of fused-ring (bicyclic) bond motifs is 1. The second-order valence-electron chi connectivity index (χ2n) is 6.88. The molecular weight excluding hydrogens is 376 g/mol. The topological polar surface area (TPSA) is 76.7 Å². The molecule has 2 heterocycles. The van der Waals surface area contributed by atoms with Gasteiger partial charge >= 0.3 is 0 Å². The summed E-state index contributed by atoms with van der Waals surface area (Å²) in [7, 11) is 0. The highest BCUT2D eigenvalue weighted by molar-refractivity contribution is 8.00. The number of rotatable bonds is 5. The van der Waals surface area contributed by atoms with Gasteiger partial charge in [-0.15, -0.1) is 11.8 Å². The van der Waals surface area contributed by atoms with Gasteiger partial charge in [-0.25, -0.2) is 0 Å². The fourth-order valence-electron chi connectivity index (χ4n) is 3.15. The lowest BCUT2D eigenvalue weighted by molar-refractivity contribution is -0.115. The van der Waals surface area contributed by atoms with Crippen LogP contribution < -0.4 is 15.4 Å². The SMILES string of the molecule is C[C@H]1Sc2ccc(C(=O)Nc3ccc(OC[C@@H]4CCCO4)cc3)cc2NC1=O. The number of benzene rings is 2. The van der Waals surface area contributed by atoms with E-state index in [1.54, 1.807) is 24.3 Å². The van der Waals surface area contributed by atoms with Gasteiger partial charge < -0.3 is 20.1 Å². The second-order valence-corrected chi connectivity index (χ2v) is 8.27. The van der Waals surface area contributed by atoms with Gasteiger partial charge in [0.15, 0.2) is 0 Å². The van der Waals surface area contributed by atoms with Crippen molar-refractivity contribution in [2.24, 2.45) is 0 Å². The van der Waals surface area contributed by atoms with Crippen LogP contribution in [0.5, 0.6) is 5.75 Å². The Morgan fingerprint density at radius 3 is 2.86 bits per heavy atom. The Labute approximate surface area is 168 Å². The molecule has 0 spiro atoms. The molecule has 2 amide bonds. The maximum atomic E-state index is 12.6. The molecule has 0 unspecified atom stereocenters. The molecule has 2 aliphatic heterocycles. The molecule has 6 nitrogen and oxygen atoms in total. The molecule has 0 aromatic heterocycles. The highest BCUT2D eigenvalue weighted by atomic mass is 32.2. The van der Waals surface area contributed by atoms with Gasteiger partial charge in [0.05, 0.1) is 17.0 Å². The summed E-state index contributed by atoms with van der Waals surface area (Å²) in [6.07, 6.45) is 2.29. The Morgan fingerprint density at radius 1 is 1.29 bits per heavy atom. The zero-order valence-corrected chi connectivity index (χ0v) is 16.4. The molecule has 1 fully saturated rings. The summed E-state index contributed by atoms with van der Waals surface area (Å²) in [5, 5.41) is 5.59. The number of ether oxygens (including phenoxy) is 2. The van der Waals surface area contributed by atoms with Crippen LogP contribution in [0.1, 0.15) is 30.1 Å². The largest absolute Gasteiger partial charge is 0.491 e. The molecule has 2 aromatic carbocycles. The Balaban J connectivity index is 1.37. The van der Waals surface area contributed by atoms with E-state index in [9.17, 15) is 9.59 Å². The van der Waals surface area contributed by atoms with E-state index >= 15 is 0 Å². The van der Waals surface area contributed by atoms with Gasteiger partial charge in [-0.2, -0.15) is 0 Å². The highest BCUT2D eigenvalue weighted by Gasteiger charge is 2.23. The first kappa shape index (κ1) is 18.8. The molecule has 2 atom stereocenters. The quantitative estimate of drug-likeness (QED) is 0.798. The number of anilines is 2. The van der Waals surface area contributed by atoms with Crippen molar-refractivity contribution >= 4 is 35.0 Å². The Bertz CT molecular complexity index is 878. The van der Waals surface area contributed by atoms with E-state index in [4.69, 9.17) is 9.47 Å². The fraction of sp³-hybridized carbons (Fsp3) is 0.333. The van der Waals surface area contributed by atoms with Gasteiger partial charge in [0, 0.05) is 22.8 Å². The van der Waals surface area contributed by atoms with E-state index in [2.05, 4.69) is 10.6 Å². The van der Waals surface area contributed by atoms with E-state index in [0.29, 0.717) is 23.5 Å². The van der Waals surface area contributed by atoms with Crippen LogP contribution in [0.15, 0.2) is 47.4 Å². The average Bonchev–Trinajstić information content (AvgIpc) is 3.21. The third kappa shape index (κ3) is 4.31. The summed E-state index contributed by atoms with van der Waals surface area (Å²) in [6.45, 7) is 3.21. The second kappa shape index (κ2) is 8.24. The van der Waals surface area contributed by atoms with Gasteiger partial charge in [-0.1, -0.05) is 0 Å². The van der Waals surface area contributed by atoms with Gasteiger partial charge in [-0.3, -0.25) is 9.59 Å². The lowest BCUT2D eigenvalue weighted by atomic mass is 10.1. The first-order valence-electron chi connectivity index (χ1n) is 9.36. The normalized spacial score (nSPS) is 21.0. The van der Waals surface area contributed by atoms with Crippen molar-refractivity contribution in [3.63, 3.8) is 0 Å². The van der Waals surface area contributed by atoms with E-state index in [1.807, 2.05) is 25.1 Å². The number of carbonyl (C=O) groups is 2. The third-order valence-corrected chi connectivity index (χ3v) is 5.92. The zero-order valence-electron chi connectivity index (χ0n) is 15.6. The molecular formula is C21H22N2O4S. The minimum Gasteiger partial charge on any atom is -0.491 e. The number of nitrogens with one attached hydrogen (secondary N) is 2. The van der Waals surface area contributed by atoms with Crippen molar-refractivity contribution in [2.45, 2.75) is 36.0 Å². The van der Waals surface area contributed by atoms with E-state index in [0.717, 1.165) is 30.1 Å². The Hall–Kier alpha value is -2.51. The molecule has 2 N–H and O–H groups in total. The molecule has 0 aliphatic carbocycles. The maximum absolute atomic E-state index is 12.6. The van der Waals surface area contributed by atoms with Crippen molar-refractivity contribution in [3.8, 4) is 5.75 Å².